The molecule has 0 heterocycles. The fourth-order valence-corrected chi connectivity index (χ4v) is 8.71. The van der Waals surface area contributed by atoms with Gasteiger partial charge in [0.15, 0.2) is 11.5 Å². The standard InChI is InChI=1S/C47H34N8O12S3/c56-37(24-28-6-18-39-30(22-28)8-20-42(46(39)57)54-53-41-21-15-36(27-43(41)69(62,63)64)52-48-32-4-2-1-3-5-32)25-29-7-19-40-31(23-29)26-44(70(65,66)67)45(47(40)58)55-51-34-11-9-33(10-12-34)49-50-35-13-16-38(17-14-35)68(59,60)61/h1-23,26-27,57-58H,24-25H2,(H,59,60,61)(H,62,63,64)(H,65,66,67). The lowest BCUT2D eigenvalue weighted by molar-refractivity contribution is -0.117. The SMILES string of the molecule is O=C(Cc1ccc2c(O)c(N=Nc3ccc(N=Nc4ccccc4)cc3S(=O)(=O)O)ccc2c1)Cc1ccc2c(O)c(N=Nc3ccc(N=Nc4ccc(S(=O)(=O)O)cc4)cc3)c(S(=O)(=O)O)cc2c1. The van der Waals surface area contributed by atoms with Crippen molar-refractivity contribution in [1.29, 1.82) is 0 Å². The largest absolute Gasteiger partial charge is 0.505 e. The minimum Gasteiger partial charge on any atom is -0.505 e. The second-order valence-electron chi connectivity index (χ2n) is 15.2. The van der Waals surface area contributed by atoms with Crippen molar-refractivity contribution < 1.29 is 53.9 Å². The molecular formula is C47H34N8O12S3. The number of ketones is 1. The molecule has 0 amide bonds. The number of hydrogen-bond donors (Lipinski definition) is 5. The Morgan fingerprint density at radius 3 is 1.44 bits per heavy atom. The molecule has 8 aromatic carbocycles. The number of benzene rings is 8. The third-order valence-electron chi connectivity index (χ3n) is 10.3. The van der Waals surface area contributed by atoms with Crippen molar-refractivity contribution in [3.8, 4) is 11.5 Å². The van der Waals surface area contributed by atoms with E-state index in [2.05, 4.69) is 40.9 Å². The zero-order valence-corrected chi connectivity index (χ0v) is 38.2. The lowest BCUT2D eigenvalue weighted by atomic mass is 9.98. The van der Waals surface area contributed by atoms with Crippen molar-refractivity contribution in [2.75, 3.05) is 0 Å². The first-order chi connectivity index (χ1) is 33.3. The number of nitrogens with zero attached hydrogens (tertiary/aromatic N) is 8. The van der Waals surface area contributed by atoms with E-state index in [1.807, 2.05) is 0 Å². The van der Waals surface area contributed by atoms with E-state index in [9.17, 15) is 49.4 Å². The van der Waals surface area contributed by atoms with Gasteiger partial charge in [-0.3, -0.25) is 18.5 Å². The van der Waals surface area contributed by atoms with Crippen molar-refractivity contribution in [3.05, 3.63) is 163 Å². The molecule has 0 fully saturated rings. The van der Waals surface area contributed by atoms with Crippen LogP contribution in [0.25, 0.3) is 21.5 Å². The number of carbonyl (C=O) groups is 1. The second-order valence-corrected chi connectivity index (χ2v) is 19.4. The van der Waals surface area contributed by atoms with Crippen molar-refractivity contribution in [1.82, 2.24) is 0 Å². The van der Waals surface area contributed by atoms with Gasteiger partial charge in [0.05, 0.1) is 33.3 Å². The molecule has 0 saturated carbocycles. The molecule has 23 heteroatoms. The molecule has 0 atom stereocenters. The Labute approximate surface area is 398 Å². The van der Waals surface area contributed by atoms with E-state index in [4.69, 9.17) is 4.55 Å². The van der Waals surface area contributed by atoms with Crippen LogP contribution in [-0.2, 0) is 48.0 Å². The van der Waals surface area contributed by atoms with Crippen LogP contribution in [0.4, 0.5) is 45.5 Å². The van der Waals surface area contributed by atoms with Crippen LogP contribution >= 0.6 is 0 Å². The number of rotatable bonds is 15. The summed E-state index contributed by atoms with van der Waals surface area (Å²) < 4.78 is 101. The molecule has 0 aliphatic carbocycles. The van der Waals surface area contributed by atoms with Crippen LogP contribution < -0.4 is 0 Å². The fourth-order valence-electron chi connectivity index (χ4n) is 6.93. The highest BCUT2D eigenvalue weighted by Crippen LogP contribution is 2.42. The van der Waals surface area contributed by atoms with Crippen molar-refractivity contribution in [3.63, 3.8) is 0 Å². The third kappa shape index (κ3) is 11.5. The Kier molecular flexibility index (Phi) is 13.6. The number of phenols is 2. The van der Waals surface area contributed by atoms with E-state index in [1.54, 1.807) is 60.7 Å². The van der Waals surface area contributed by atoms with Crippen LogP contribution in [0.2, 0.25) is 0 Å². The highest BCUT2D eigenvalue weighted by molar-refractivity contribution is 7.86. The first-order valence-electron chi connectivity index (χ1n) is 20.3. The van der Waals surface area contributed by atoms with Gasteiger partial charge in [0.25, 0.3) is 30.4 Å². The zero-order valence-electron chi connectivity index (χ0n) is 35.7. The van der Waals surface area contributed by atoms with Crippen molar-refractivity contribution in [2.45, 2.75) is 27.5 Å². The first-order valence-corrected chi connectivity index (χ1v) is 24.6. The van der Waals surface area contributed by atoms with Gasteiger partial charge >= 0.3 is 0 Å². The summed E-state index contributed by atoms with van der Waals surface area (Å²) in [5.41, 5.74) is 1.82. The van der Waals surface area contributed by atoms with E-state index in [0.29, 0.717) is 39.0 Å². The molecule has 0 radical (unpaired) electrons. The maximum absolute atomic E-state index is 13.3. The molecule has 0 aromatic heterocycles. The molecule has 0 unspecified atom stereocenters. The van der Waals surface area contributed by atoms with Crippen LogP contribution in [0.3, 0.4) is 0 Å². The number of fused-ring (bicyclic) bond motifs is 2. The second kappa shape index (κ2) is 19.7. The van der Waals surface area contributed by atoms with Crippen LogP contribution in [0, 0.1) is 0 Å². The molecule has 8 rings (SSSR count). The van der Waals surface area contributed by atoms with Gasteiger partial charge in [-0.05, 0) is 113 Å². The molecule has 0 aliphatic rings. The molecule has 352 valence electrons. The summed E-state index contributed by atoms with van der Waals surface area (Å²) in [5, 5.41) is 55.6. The maximum Gasteiger partial charge on any atom is 0.296 e. The minimum absolute atomic E-state index is 0.0130. The molecule has 0 bridgehead atoms. The summed E-state index contributed by atoms with van der Waals surface area (Å²) in [4.78, 5) is 11.7. The summed E-state index contributed by atoms with van der Waals surface area (Å²) in [6, 6.07) is 37.1. The third-order valence-corrected chi connectivity index (χ3v) is 12.9. The highest BCUT2D eigenvalue weighted by atomic mass is 32.2. The predicted octanol–water partition coefficient (Wildman–Crippen LogP) is 12.2. The summed E-state index contributed by atoms with van der Waals surface area (Å²) in [5.74, 6) is -1.11. The monoisotopic (exact) mass is 998 g/mol. The molecular weight excluding hydrogens is 965 g/mol. The molecule has 20 nitrogen and oxygen atoms in total. The Bertz CT molecular complexity index is 3840. The van der Waals surface area contributed by atoms with E-state index in [0.717, 1.165) is 24.3 Å². The van der Waals surface area contributed by atoms with Gasteiger partial charge in [0, 0.05) is 23.6 Å². The zero-order chi connectivity index (χ0) is 49.8. The molecule has 8 aromatic rings. The Balaban J connectivity index is 0.945. The average molecular weight is 999 g/mol. The van der Waals surface area contributed by atoms with Gasteiger partial charge in [-0.15, -0.1) is 15.3 Å². The summed E-state index contributed by atoms with van der Waals surface area (Å²) in [6.07, 6.45) is -0.131. The smallest absolute Gasteiger partial charge is 0.296 e. The molecule has 0 saturated heterocycles. The average Bonchev–Trinajstić information content (AvgIpc) is 3.32. The fraction of sp³-hybridized carbons (Fsp3) is 0.0426. The molecule has 70 heavy (non-hydrogen) atoms. The lowest BCUT2D eigenvalue weighted by Gasteiger charge is -2.10. The van der Waals surface area contributed by atoms with Crippen LogP contribution in [0.15, 0.2) is 207 Å². The number of hydrogen-bond acceptors (Lipinski definition) is 17. The molecule has 0 spiro atoms. The van der Waals surface area contributed by atoms with Crippen molar-refractivity contribution in [2.24, 2.45) is 40.9 Å². The van der Waals surface area contributed by atoms with Gasteiger partial charge in [-0.1, -0.05) is 60.7 Å². The van der Waals surface area contributed by atoms with Gasteiger partial charge in [0.1, 0.15) is 32.6 Å². The number of aromatic hydroxyl groups is 2. The molecule has 0 aliphatic heterocycles. The van der Waals surface area contributed by atoms with Crippen molar-refractivity contribution >= 4 is 103 Å². The Hall–Kier alpha value is -8.32. The Morgan fingerprint density at radius 2 is 0.871 bits per heavy atom. The van der Waals surface area contributed by atoms with Crippen LogP contribution in [0.1, 0.15) is 11.1 Å². The molecule has 5 N–H and O–H groups in total. The summed E-state index contributed by atoms with van der Waals surface area (Å²) in [6.45, 7) is 0. The van der Waals surface area contributed by atoms with E-state index in [1.165, 1.54) is 66.7 Å². The summed E-state index contributed by atoms with van der Waals surface area (Å²) >= 11 is 0. The number of carbonyl (C=O) groups excluding carboxylic acids is 1. The van der Waals surface area contributed by atoms with E-state index in [-0.39, 0.29) is 62.8 Å². The van der Waals surface area contributed by atoms with Crippen LogP contribution in [-0.4, -0.2) is 54.9 Å². The minimum atomic E-state index is -4.96. The maximum atomic E-state index is 13.3. The van der Waals surface area contributed by atoms with Gasteiger partial charge in [-0.25, -0.2) is 0 Å². The van der Waals surface area contributed by atoms with Crippen LogP contribution in [0.5, 0.6) is 11.5 Å². The number of phenolic OH excluding ortho intramolecular Hbond substituents is 2. The van der Waals surface area contributed by atoms with E-state index < -0.39 is 51.6 Å². The first kappa shape index (κ1) is 48.1. The van der Waals surface area contributed by atoms with Gasteiger partial charge in [0.2, 0.25) is 0 Å². The van der Waals surface area contributed by atoms with Gasteiger partial charge < -0.3 is 10.2 Å². The number of Topliss-reactive ketones (excluding diaryl/α,β-unsaturated/α-hetero) is 1. The lowest BCUT2D eigenvalue weighted by Crippen LogP contribution is -2.06. The number of azo groups is 4. The Morgan fingerprint density at radius 1 is 0.400 bits per heavy atom. The topological polar surface area (TPSA) is 320 Å². The normalized spacial score (nSPS) is 12.6. The predicted molar refractivity (Wildman–Crippen MR) is 256 cm³/mol. The highest BCUT2D eigenvalue weighted by Gasteiger charge is 2.23. The van der Waals surface area contributed by atoms with E-state index >= 15 is 0 Å². The quantitative estimate of drug-likeness (QED) is 0.0473. The van der Waals surface area contributed by atoms with Gasteiger partial charge in [-0.2, -0.15) is 50.8 Å². The summed E-state index contributed by atoms with van der Waals surface area (Å²) in [7, 11) is -14.1.